The number of hydrogen-bond donors (Lipinski definition) is 1. The molecule has 2 aromatic carbocycles. The predicted molar refractivity (Wildman–Crippen MR) is 102 cm³/mol. The molecular weight excluding hydrogens is 312 g/mol. The molecule has 25 heavy (non-hydrogen) atoms. The molecule has 1 aliphatic heterocycles. The Morgan fingerprint density at radius 1 is 1.04 bits per heavy atom. The lowest BCUT2D eigenvalue weighted by Gasteiger charge is -2.35. The SMILES string of the molecule is C[C@@H]1CN(CCC(=O)Nc2ccccc2-c2ccccc2)C[C@@H](C)O1. The van der Waals surface area contributed by atoms with Crippen molar-refractivity contribution < 1.29 is 9.53 Å². The number of carbonyl (C=O) groups excluding carboxylic acids is 1. The number of benzene rings is 2. The van der Waals surface area contributed by atoms with Gasteiger partial charge in [0.2, 0.25) is 5.91 Å². The van der Waals surface area contributed by atoms with Crippen LogP contribution in [0.15, 0.2) is 54.6 Å². The average molecular weight is 338 g/mol. The molecular formula is C21H26N2O2. The van der Waals surface area contributed by atoms with Crippen LogP contribution in [0, 0.1) is 0 Å². The number of para-hydroxylation sites is 1. The quantitative estimate of drug-likeness (QED) is 0.902. The Hall–Kier alpha value is -2.17. The first-order chi connectivity index (χ1) is 12.1. The molecule has 1 fully saturated rings. The maximum atomic E-state index is 12.4. The number of anilines is 1. The summed E-state index contributed by atoms with van der Waals surface area (Å²) in [5.41, 5.74) is 3.02. The number of ether oxygens (including phenoxy) is 1. The summed E-state index contributed by atoms with van der Waals surface area (Å²) >= 11 is 0. The van der Waals surface area contributed by atoms with E-state index in [9.17, 15) is 4.79 Å². The van der Waals surface area contributed by atoms with E-state index in [4.69, 9.17) is 4.74 Å². The van der Waals surface area contributed by atoms with Gasteiger partial charge in [0.15, 0.2) is 0 Å². The van der Waals surface area contributed by atoms with Crippen LogP contribution in [0.4, 0.5) is 5.69 Å². The van der Waals surface area contributed by atoms with E-state index >= 15 is 0 Å². The second-order valence-corrected chi connectivity index (χ2v) is 6.73. The fraction of sp³-hybridized carbons (Fsp3) is 0.381. The average Bonchev–Trinajstić information content (AvgIpc) is 2.60. The number of nitrogens with zero attached hydrogens (tertiary/aromatic N) is 1. The minimum absolute atomic E-state index is 0.0511. The summed E-state index contributed by atoms with van der Waals surface area (Å²) in [5, 5.41) is 3.07. The molecule has 1 N–H and O–H groups in total. The highest BCUT2D eigenvalue weighted by Gasteiger charge is 2.22. The van der Waals surface area contributed by atoms with E-state index in [0.717, 1.165) is 36.4 Å². The van der Waals surface area contributed by atoms with Crippen LogP contribution in [0.1, 0.15) is 20.3 Å². The van der Waals surface area contributed by atoms with Gasteiger partial charge >= 0.3 is 0 Å². The van der Waals surface area contributed by atoms with E-state index in [-0.39, 0.29) is 18.1 Å². The van der Waals surface area contributed by atoms with Crippen molar-refractivity contribution in [3.8, 4) is 11.1 Å². The molecule has 4 nitrogen and oxygen atoms in total. The second kappa shape index (κ2) is 8.28. The maximum Gasteiger partial charge on any atom is 0.225 e. The zero-order valence-electron chi connectivity index (χ0n) is 14.9. The van der Waals surface area contributed by atoms with Crippen LogP contribution in [-0.4, -0.2) is 42.6 Å². The third-order valence-corrected chi connectivity index (χ3v) is 4.44. The largest absolute Gasteiger partial charge is 0.373 e. The van der Waals surface area contributed by atoms with Crippen molar-refractivity contribution in [1.82, 2.24) is 4.90 Å². The highest BCUT2D eigenvalue weighted by atomic mass is 16.5. The van der Waals surface area contributed by atoms with Crippen molar-refractivity contribution in [3.05, 3.63) is 54.6 Å². The molecule has 0 saturated carbocycles. The lowest BCUT2D eigenvalue weighted by atomic mass is 10.0. The van der Waals surface area contributed by atoms with Gasteiger partial charge < -0.3 is 10.1 Å². The molecule has 0 bridgehead atoms. The number of morpholine rings is 1. The summed E-state index contributed by atoms with van der Waals surface area (Å²) in [5.74, 6) is 0.0511. The molecule has 1 aliphatic rings. The molecule has 0 aromatic heterocycles. The van der Waals surface area contributed by atoms with Gasteiger partial charge in [0.25, 0.3) is 0 Å². The van der Waals surface area contributed by atoms with Crippen LogP contribution in [0.2, 0.25) is 0 Å². The van der Waals surface area contributed by atoms with Crippen LogP contribution in [-0.2, 0) is 9.53 Å². The zero-order valence-corrected chi connectivity index (χ0v) is 14.9. The summed E-state index contributed by atoms with van der Waals surface area (Å²) in [6.07, 6.45) is 0.944. The lowest BCUT2D eigenvalue weighted by molar-refractivity contribution is -0.117. The molecule has 0 unspecified atom stereocenters. The van der Waals surface area contributed by atoms with E-state index in [2.05, 4.69) is 36.2 Å². The Kier molecular flexibility index (Phi) is 5.84. The highest BCUT2D eigenvalue weighted by molar-refractivity contribution is 5.95. The molecule has 4 heteroatoms. The van der Waals surface area contributed by atoms with Crippen molar-refractivity contribution in [2.24, 2.45) is 0 Å². The van der Waals surface area contributed by atoms with Crippen LogP contribution >= 0.6 is 0 Å². The lowest BCUT2D eigenvalue weighted by Crippen LogP contribution is -2.46. The first-order valence-electron chi connectivity index (χ1n) is 8.94. The molecule has 0 radical (unpaired) electrons. The van der Waals surface area contributed by atoms with Gasteiger partial charge in [-0.2, -0.15) is 0 Å². The smallest absolute Gasteiger partial charge is 0.225 e. The normalized spacial score (nSPS) is 21.0. The fourth-order valence-electron chi connectivity index (χ4n) is 3.40. The first-order valence-corrected chi connectivity index (χ1v) is 8.94. The number of amides is 1. The maximum absolute atomic E-state index is 12.4. The topological polar surface area (TPSA) is 41.6 Å². The Labute approximate surface area is 149 Å². The molecule has 2 aromatic rings. The third kappa shape index (κ3) is 4.91. The van der Waals surface area contributed by atoms with Crippen molar-refractivity contribution in [2.75, 3.05) is 25.0 Å². The molecule has 2 atom stereocenters. The van der Waals surface area contributed by atoms with Crippen molar-refractivity contribution in [1.29, 1.82) is 0 Å². The Morgan fingerprint density at radius 2 is 1.68 bits per heavy atom. The van der Waals surface area contributed by atoms with Crippen molar-refractivity contribution in [3.63, 3.8) is 0 Å². The van der Waals surface area contributed by atoms with Crippen molar-refractivity contribution in [2.45, 2.75) is 32.5 Å². The zero-order chi connectivity index (χ0) is 17.6. The standard InChI is InChI=1S/C21H26N2O2/c1-16-14-23(15-17(2)25-16)13-12-21(24)22-20-11-7-6-10-19(20)18-8-4-3-5-9-18/h3-11,16-17H,12-15H2,1-2H3,(H,22,24)/t16-,17-/m1/s1. The minimum atomic E-state index is 0.0511. The van der Waals surface area contributed by atoms with Gasteiger partial charge in [-0.1, -0.05) is 48.5 Å². The van der Waals surface area contributed by atoms with Gasteiger partial charge in [0.05, 0.1) is 12.2 Å². The van der Waals surface area contributed by atoms with E-state index in [1.165, 1.54) is 0 Å². The summed E-state index contributed by atoms with van der Waals surface area (Å²) < 4.78 is 5.74. The minimum Gasteiger partial charge on any atom is -0.373 e. The second-order valence-electron chi connectivity index (χ2n) is 6.73. The number of hydrogen-bond acceptors (Lipinski definition) is 3. The monoisotopic (exact) mass is 338 g/mol. The summed E-state index contributed by atoms with van der Waals surface area (Å²) in [6, 6.07) is 18.1. The Bertz CT molecular complexity index is 692. The molecule has 3 rings (SSSR count). The van der Waals surface area contributed by atoms with Crippen LogP contribution in [0.5, 0.6) is 0 Å². The molecule has 1 saturated heterocycles. The van der Waals surface area contributed by atoms with Gasteiger partial charge in [0, 0.05) is 37.3 Å². The highest BCUT2D eigenvalue weighted by Crippen LogP contribution is 2.27. The summed E-state index contributed by atoms with van der Waals surface area (Å²) in [7, 11) is 0. The number of carbonyl (C=O) groups is 1. The molecule has 0 aliphatic carbocycles. The predicted octanol–water partition coefficient (Wildman–Crippen LogP) is 3.79. The van der Waals surface area contributed by atoms with Gasteiger partial charge in [-0.3, -0.25) is 9.69 Å². The molecule has 1 heterocycles. The van der Waals surface area contributed by atoms with E-state index in [1.807, 2.05) is 42.5 Å². The van der Waals surface area contributed by atoms with Gasteiger partial charge in [-0.05, 0) is 25.5 Å². The fourth-order valence-corrected chi connectivity index (χ4v) is 3.40. The first kappa shape index (κ1) is 17.6. The number of rotatable bonds is 5. The van der Waals surface area contributed by atoms with Crippen molar-refractivity contribution >= 4 is 11.6 Å². The third-order valence-electron chi connectivity index (χ3n) is 4.44. The molecule has 0 spiro atoms. The summed E-state index contributed by atoms with van der Waals surface area (Å²) in [4.78, 5) is 14.7. The van der Waals surface area contributed by atoms with Crippen LogP contribution < -0.4 is 5.32 Å². The molecule has 132 valence electrons. The Morgan fingerprint density at radius 3 is 2.40 bits per heavy atom. The van der Waals surface area contributed by atoms with Gasteiger partial charge in [-0.15, -0.1) is 0 Å². The van der Waals surface area contributed by atoms with E-state index in [1.54, 1.807) is 0 Å². The van der Waals surface area contributed by atoms with E-state index in [0.29, 0.717) is 6.42 Å². The van der Waals surface area contributed by atoms with E-state index < -0.39 is 0 Å². The van der Waals surface area contributed by atoms with Gasteiger partial charge in [-0.25, -0.2) is 0 Å². The van der Waals surface area contributed by atoms with Crippen LogP contribution in [0.25, 0.3) is 11.1 Å². The Balaban J connectivity index is 1.60. The van der Waals surface area contributed by atoms with Gasteiger partial charge in [0.1, 0.15) is 0 Å². The van der Waals surface area contributed by atoms with Crippen LogP contribution in [0.3, 0.4) is 0 Å². The molecule has 1 amide bonds. The number of nitrogens with one attached hydrogen (secondary N) is 1. The summed E-state index contributed by atoms with van der Waals surface area (Å²) in [6.45, 7) is 6.70.